The minimum absolute atomic E-state index is 0.0207. The van der Waals surface area contributed by atoms with E-state index in [1.165, 1.54) is 11.1 Å². The summed E-state index contributed by atoms with van der Waals surface area (Å²) >= 11 is 6.72. The van der Waals surface area contributed by atoms with Gasteiger partial charge in [0.1, 0.15) is 0 Å². The standard InChI is InChI=1S/C30H45ClO6/c1-26(2)10-11-30(25(36)37)9-6-17-22(18(30)13-26)16(15-31)12-21-27(17,3)8-7-20-28(21,4)14-19(32)23(33)29(20,5)24(34)35/h16,18-21,23,32-33H,6-15H2,1-5H3,(H,34,35)(H,36,37)/t16-,18+,19-,20+,21+,23-,27+,28-,29-,30+/m0/s1. The molecule has 3 fully saturated rings. The number of carboxylic acids is 2. The molecule has 0 aromatic carbocycles. The van der Waals surface area contributed by atoms with Crippen molar-refractivity contribution in [1.82, 2.24) is 0 Å². The van der Waals surface area contributed by atoms with Gasteiger partial charge in [-0.05, 0) is 105 Å². The lowest BCUT2D eigenvalue weighted by Gasteiger charge is -2.67. The minimum atomic E-state index is -1.42. The molecule has 37 heavy (non-hydrogen) atoms. The van der Waals surface area contributed by atoms with Crippen molar-refractivity contribution in [3.63, 3.8) is 0 Å². The predicted octanol–water partition coefficient (Wildman–Crippen LogP) is 5.49. The summed E-state index contributed by atoms with van der Waals surface area (Å²) in [7, 11) is 0. The topological polar surface area (TPSA) is 115 Å². The Hall–Kier alpha value is -1.11. The number of aliphatic carboxylic acids is 2. The van der Waals surface area contributed by atoms with Crippen LogP contribution >= 0.6 is 11.6 Å². The van der Waals surface area contributed by atoms with Crippen molar-refractivity contribution in [2.24, 2.45) is 50.7 Å². The third-order valence-electron chi connectivity index (χ3n) is 12.6. The summed E-state index contributed by atoms with van der Waals surface area (Å²) in [5.41, 5.74) is -0.0655. The number of hydrogen-bond donors (Lipinski definition) is 4. The van der Waals surface area contributed by atoms with Gasteiger partial charge >= 0.3 is 11.9 Å². The average Bonchev–Trinajstić information content (AvgIpc) is 2.81. The Balaban J connectivity index is 1.65. The SMILES string of the molecule is CC1(C)CC[C@]2(C(=O)O)CCC3=C([C@H](CCl)C[C@H]4[C@@]5(C)C[C@H](O)[C@H](O)[C@@](C)(C(=O)O)[C@@H]5CC[C@]34C)[C@H]2C1. The third kappa shape index (κ3) is 3.50. The second-order valence-corrected chi connectivity index (χ2v) is 15.1. The quantitative estimate of drug-likeness (QED) is 0.280. The molecule has 0 bridgehead atoms. The maximum atomic E-state index is 12.8. The highest BCUT2D eigenvalue weighted by atomic mass is 35.5. The number of carbonyl (C=O) groups is 2. The number of hydrogen-bond acceptors (Lipinski definition) is 4. The van der Waals surface area contributed by atoms with Crippen molar-refractivity contribution in [3.8, 4) is 0 Å². The first-order valence-corrected chi connectivity index (χ1v) is 14.7. The zero-order chi connectivity index (χ0) is 27.3. The normalized spacial score (nSPS) is 50.8. The van der Waals surface area contributed by atoms with Crippen LogP contribution in [0.2, 0.25) is 0 Å². The first-order chi connectivity index (χ1) is 17.1. The Morgan fingerprint density at radius 1 is 0.919 bits per heavy atom. The van der Waals surface area contributed by atoms with Gasteiger partial charge in [0.25, 0.3) is 0 Å². The molecule has 3 saturated carbocycles. The van der Waals surface area contributed by atoms with E-state index in [9.17, 15) is 30.0 Å². The number of aliphatic hydroxyl groups is 2. The van der Waals surface area contributed by atoms with E-state index in [1.54, 1.807) is 6.92 Å². The summed E-state index contributed by atoms with van der Waals surface area (Å²) in [5.74, 6) is -1.43. The molecule has 0 aromatic heterocycles. The van der Waals surface area contributed by atoms with Gasteiger partial charge in [0, 0.05) is 5.88 Å². The number of carboxylic acid groups (broad SMARTS) is 2. The predicted molar refractivity (Wildman–Crippen MR) is 141 cm³/mol. The van der Waals surface area contributed by atoms with E-state index in [-0.39, 0.29) is 34.5 Å². The van der Waals surface area contributed by atoms with Crippen LogP contribution in [0.15, 0.2) is 11.1 Å². The van der Waals surface area contributed by atoms with Gasteiger partial charge in [0.2, 0.25) is 0 Å². The lowest BCUT2D eigenvalue weighted by Crippen LogP contribution is -2.67. The summed E-state index contributed by atoms with van der Waals surface area (Å²) in [5, 5.41) is 42.7. The van der Waals surface area contributed by atoms with Gasteiger partial charge < -0.3 is 20.4 Å². The maximum Gasteiger partial charge on any atom is 0.312 e. The second kappa shape index (κ2) is 8.44. The molecule has 208 valence electrons. The van der Waals surface area contributed by atoms with Crippen molar-refractivity contribution in [3.05, 3.63) is 11.1 Å². The third-order valence-corrected chi connectivity index (χ3v) is 13.0. The number of allylic oxidation sites excluding steroid dienone is 2. The molecule has 0 radical (unpaired) electrons. The van der Waals surface area contributed by atoms with Gasteiger partial charge in [0.15, 0.2) is 0 Å². The van der Waals surface area contributed by atoms with E-state index >= 15 is 0 Å². The molecule has 5 rings (SSSR count). The number of aliphatic hydroxyl groups excluding tert-OH is 2. The van der Waals surface area contributed by atoms with Crippen LogP contribution in [0.4, 0.5) is 0 Å². The van der Waals surface area contributed by atoms with Crippen molar-refractivity contribution in [2.75, 3.05) is 5.88 Å². The molecule has 4 N–H and O–H groups in total. The summed E-state index contributed by atoms with van der Waals surface area (Å²) in [6, 6.07) is 0. The van der Waals surface area contributed by atoms with Gasteiger partial charge in [-0.25, -0.2) is 0 Å². The molecule has 0 amide bonds. The number of fused-ring (bicyclic) bond motifs is 6. The van der Waals surface area contributed by atoms with E-state index in [2.05, 4.69) is 27.7 Å². The highest BCUT2D eigenvalue weighted by Crippen LogP contribution is 2.72. The van der Waals surface area contributed by atoms with Gasteiger partial charge in [-0.3, -0.25) is 9.59 Å². The molecule has 5 aliphatic carbocycles. The molecule has 6 nitrogen and oxygen atoms in total. The molecule has 10 atom stereocenters. The number of halogens is 1. The average molecular weight is 537 g/mol. The van der Waals surface area contributed by atoms with Crippen molar-refractivity contribution in [1.29, 1.82) is 0 Å². The second-order valence-electron chi connectivity index (χ2n) is 14.8. The molecular weight excluding hydrogens is 492 g/mol. The Morgan fingerprint density at radius 3 is 2.19 bits per heavy atom. The Kier molecular flexibility index (Phi) is 6.27. The molecular formula is C30H45ClO6. The Bertz CT molecular complexity index is 1040. The highest BCUT2D eigenvalue weighted by Gasteiger charge is 2.69. The monoisotopic (exact) mass is 536 g/mol. The van der Waals surface area contributed by atoms with Crippen LogP contribution in [0.5, 0.6) is 0 Å². The van der Waals surface area contributed by atoms with Gasteiger partial charge in [-0.15, -0.1) is 11.6 Å². The molecule has 0 unspecified atom stereocenters. The van der Waals surface area contributed by atoms with Gasteiger partial charge in [0.05, 0.1) is 23.0 Å². The largest absolute Gasteiger partial charge is 0.481 e. The molecule has 0 aliphatic heterocycles. The number of alkyl halides is 1. The van der Waals surface area contributed by atoms with E-state index in [1.807, 2.05) is 0 Å². The minimum Gasteiger partial charge on any atom is -0.481 e. The van der Waals surface area contributed by atoms with E-state index in [4.69, 9.17) is 11.6 Å². The lowest BCUT2D eigenvalue weighted by atomic mass is 9.37. The maximum absolute atomic E-state index is 12.8. The smallest absolute Gasteiger partial charge is 0.312 e. The number of rotatable bonds is 3. The summed E-state index contributed by atoms with van der Waals surface area (Å²) in [6.07, 6.45) is 4.09. The van der Waals surface area contributed by atoms with Crippen LogP contribution in [0.25, 0.3) is 0 Å². The molecule has 5 aliphatic rings. The van der Waals surface area contributed by atoms with Crippen molar-refractivity contribution >= 4 is 23.5 Å². The van der Waals surface area contributed by atoms with Crippen LogP contribution in [-0.2, 0) is 9.59 Å². The van der Waals surface area contributed by atoms with E-state index in [0.29, 0.717) is 31.6 Å². The zero-order valence-electron chi connectivity index (χ0n) is 23.0. The summed E-state index contributed by atoms with van der Waals surface area (Å²) < 4.78 is 0. The molecule has 7 heteroatoms. The van der Waals surface area contributed by atoms with Crippen molar-refractivity contribution in [2.45, 2.75) is 105 Å². The fourth-order valence-electron chi connectivity index (χ4n) is 10.6. The van der Waals surface area contributed by atoms with Crippen molar-refractivity contribution < 1.29 is 30.0 Å². The lowest BCUT2D eigenvalue weighted by molar-refractivity contribution is -0.225. The van der Waals surface area contributed by atoms with Crippen LogP contribution in [0.1, 0.15) is 92.4 Å². The zero-order valence-corrected chi connectivity index (χ0v) is 23.8. The Labute approximate surface area is 225 Å². The van der Waals surface area contributed by atoms with Crippen LogP contribution in [-0.4, -0.2) is 50.5 Å². The van der Waals surface area contributed by atoms with Gasteiger partial charge in [-0.1, -0.05) is 38.8 Å². The van der Waals surface area contributed by atoms with Crippen LogP contribution in [0, 0.1) is 50.7 Å². The van der Waals surface area contributed by atoms with Crippen LogP contribution in [0.3, 0.4) is 0 Å². The first kappa shape index (κ1) is 27.5. The molecule has 0 spiro atoms. The Morgan fingerprint density at radius 2 is 1.59 bits per heavy atom. The first-order valence-electron chi connectivity index (χ1n) is 14.2. The fraction of sp³-hybridized carbons (Fsp3) is 0.867. The van der Waals surface area contributed by atoms with E-state index in [0.717, 1.165) is 32.1 Å². The fourth-order valence-corrected chi connectivity index (χ4v) is 10.9. The van der Waals surface area contributed by atoms with E-state index < -0.39 is 40.4 Å². The van der Waals surface area contributed by atoms with Gasteiger partial charge in [-0.2, -0.15) is 0 Å². The molecule has 0 saturated heterocycles. The molecule has 0 heterocycles. The summed E-state index contributed by atoms with van der Waals surface area (Å²) in [6.45, 7) is 10.6. The summed E-state index contributed by atoms with van der Waals surface area (Å²) in [4.78, 5) is 25.4. The van der Waals surface area contributed by atoms with Crippen LogP contribution < -0.4 is 0 Å². The molecule has 0 aromatic rings. The highest BCUT2D eigenvalue weighted by molar-refractivity contribution is 6.18.